The van der Waals surface area contributed by atoms with Gasteiger partial charge in [-0.2, -0.15) is 0 Å². The van der Waals surface area contributed by atoms with E-state index in [1.807, 2.05) is 27.7 Å². The molecule has 1 heterocycles. The number of carbonyl (C=O) groups excluding carboxylic acids is 1. The lowest BCUT2D eigenvalue weighted by Crippen LogP contribution is -2.41. The molecular weight excluding hydrogens is 244 g/mol. The lowest BCUT2D eigenvalue weighted by Gasteiger charge is -2.27. The van der Waals surface area contributed by atoms with Crippen molar-refractivity contribution in [1.29, 1.82) is 0 Å². The summed E-state index contributed by atoms with van der Waals surface area (Å²) in [6.45, 7) is 13.8. The molecule has 0 bridgehead atoms. The maximum absolute atomic E-state index is 11.8. The Hall–Kier alpha value is -0.650. The summed E-state index contributed by atoms with van der Waals surface area (Å²) >= 11 is 0. The van der Waals surface area contributed by atoms with Gasteiger partial charge in [0, 0.05) is 32.7 Å². The first-order chi connectivity index (χ1) is 8.88. The quantitative estimate of drug-likeness (QED) is 0.575. The summed E-state index contributed by atoms with van der Waals surface area (Å²) < 4.78 is 10.6. The van der Waals surface area contributed by atoms with Crippen LogP contribution in [0.2, 0.25) is 0 Å². The molecule has 1 N–H and O–H groups in total. The van der Waals surface area contributed by atoms with Gasteiger partial charge in [0.25, 0.3) is 0 Å². The molecule has 0 aromatic heterocycles. The molecule has 5 nitrogen and oxygen atoms in total. The topological polar surface area (TPSA) is 50.8 Å². The first-order valence-electron chi connectivity index (χ1n) is 7.12. The molecule has 0 aromatic rings. The summed E-state index contributed by atoms with van der Waals surface area (Å²) in [4.78, 5) is 14.1. The highest BCUT2D eigenvalue weighted by Crippen LogP contribution is 2.10. The lowest BCUT2D eigenvalue weighted by molar-refractivity contribution is -0.159. The van der Waals surface area contributed by atoms with Gasteiger partial charge in [0.2, 0.25) is 0 Å². The Morgan fingerprint density at radius 2 is 2.00 bits per heavy atom. The van der Waals surface area contributed by atoms with E-state index in [0.29, 0.717) is 6.54 Å². The molecule has 1 unspecified atom stereocenters. The van der Waals surface area contributed by atoms with Crippen molar-refractivity contribution >= 4 is 5.97 Å². The van der Waals surface area contributed by atoms with Crippen LogP contribution < -0.4 is 5.32 Å². The Kier molecular flexibility index (Phi) is 6.75. The van der Waals surface area contributed by atoms with Crippen molar-refractivity contribution < 1.29 is 14.3 Å². The molecular formula is C14H28N2O3. The van der Waals surface area contributed by atoms with Crippen LogP contribution in [0.15, 0.2) is 0 Å². The maximum atomic E-state index is 11.8. The summed E-state index contributed by atoms with van der Waals surface area (Å²) in [6, 6.07) is 0. The summed E-state index contributed by atoms with van der Waals surface area (Å²) in [7, 11) is 0. The van der Waals surface area contributed by atoms with E-state index in [9.17, 15) is 4.79 Å². The fourth-order valence-corrected chi connectivity index (χ4v) is 1.87. The molecule has 1 fully saturated rings. The minimum absolute atomic E-state index is 0.107. The van der Waals surface area contributed by atoms with Crippen LogP contribution in [0.4, 0.5) is 0 Å². The van der Waals surface area contributed by atoms with Gasteiger partial charge in [-0.25, -0.2) is 0 Å². The molecule has 1 atom stereocenters. The number of carbonyl (C=O) groups is 1. The van der Waals surface area contributed by atoms with E-state index < -0.39 is 5.60 Å². The van der Waals surface area contributed by atoms with Gasteiger partial charge in [-0.05, 0) is 20.8 Å². The van der Waals surface area contributed by atoms with Crippen LogP contribution in [-0.2, 0) is 14.3 Å². The number of ether oxygens (including phenoxy) is 2. The normalized spacial score (nSPS) is 19.2. The number of hydrogen-bond acceptors (Lipinski definition) is 5. The van der Waals surface area contributed by atoms with Crippen molar-refractivity contribution in [2.45, 2.75) is 33.3 Å². The Bertz CT molecular complexity index is 270. The smallest absolute Gasteiger partial charge is 0.310 e. The van der Waals surface area contributed by atoms with Crippen molar-refractivity contribution in [3.63, 3.8) is 0 Å². The average Bonchev–Trinajstić information content (AvgIpc) is 2.33. The predicted octanol–water partition coefficient (Wildman–Crippen LogP) is 0.886. The second-order valence-electron chi connectivity index (χ2n) is 6.09. The van der Waals surface area contributed by atoms with Crippen molar-refractivity contribution in [3.05, 3.63) is 0 Å². The van der Waals surface area contributed by atoms with Gasteiger partial charge in [-0.15, -0.1) is 0 Å². The zero-order chi connectivity index (χ0) is 14.3. The van der Waals surface area contributed by atoms with E-state index in [0.717, 1.165) is 39.4 Å². The minimum Gasteiger partial charge on any atom is -0.460 e. The SMILES string of the molecule is CC(CNCCN1CCOCC1)C(=O)OC(C)(C)C. The average molecular weight is 272 g/mol. The highest BCUT2D eigenvalue weighted by molar-refractivity contribution is 5.72. The molecule has 1 aliphatic heterocycles. The molecule has 1 aliphatic rings. The van der Waals surface area contributed by atoms with Crippen LogP contribution in [0.25, 0.3) is 0 Å². The van der Waals surface area contributed by atoms with E-state index >= 15 is 0 Å². The summed E-state index contributed by atoms with van der Waals surface area (Å²) in [5.41, 5.74) is -0.404. The first-order valence-corrected chi connectivity index (χ1v) is 7.12. The molecule has 1 saturated heterocycles. The number of hydrogen-bond donors (Lipinski definition) is 1. The fourth-order valence-electron chi connectivity index (χ4n) is 1.87. The molecule has 5 heteroatoms. The Morgan fingerprint density at radius 3 is 2.58 bits per heavy atom. The molecule has 0 amide bonds. The molecule has 1 rings (SSSR count). The van der Waals surface area contributed by atoms with Gasteiger partial charge < -0.3 is 14.8 Å². The Labute approximate surface area is 116 Å². The molecule has 112 valence electrons. The minimum atomic E-state index is -0.404. The fraction of sp³-hybridized carbons (Fsp3) is 0.929. The standard InChI is InChI=1S/C14H28N2O3/c1-12(13(17)19-14(2,3)4)11-15-5-6-16-7-9-18-10-8-16/h12,15H,5-11H2,1-4H3. The number of nitrogens with one attached hydrogen (secondary N) is 1. The largest absolute Gasteiger partial charge is 0.460 e. The van der Waals surface area contributed by atoms with Crippen LogP contribution >= 0.6 is 0 Å². The van der Waals surface area contributed by atoms with Crippen LogP contribution in [0.1, 0.15) is 27.7 Å². The maximum Gasteiger partial charge on any atom is 0.310 e. The van der Waals surface area contributed by atoms with Gasteiger partial charge >= 0.3 is 5.97 Å². The first kappa shape index (κ1) is 16.4. The molecule has 19 heavy (non-hydrogen) atoms. The third-order valence-electron chi connectivity index (χ3n) is 2.97. The molecule has 0 aliphatic carbocycles. The van der Waals surface area contributed by atoms with E-state index in [2.05, 4.69) is 10.2 Å². The lowest BCUT2D eigenvalue weighted by atomic mass is 10.1. The van der Waals surface area contributed by atoms with Crippen molar-refractivity contribution in [2.24, 2.45) is 5.92 Å². The highest BCUT2D eigenvalue weighted by atomic mass is 16.6. The van der Waals surface area contributed by atoms with Gasteiger partial charge in [0.05, 0.1) is 19.1 Å². The molecule has 0 saturated carbocycles. The number of esters is 1. The monoisotopic (exact) mass is 272 g/mol. The highest BCUT2D eigenvalue weighted by Gasteiger charge is 2.21. The Balaban J connectivity index is 2.09. The van der Waals surface area contributed by atoms with Crippen molar-refractivity contribution in [1.82, 2.24) is 10.2 Å². The summed E-state index contributed by atoms with van der Waals surface area (Å²) in [5.74, 6) is -0.240. The third kappa shape index (κ3) is 7.50. The van der Waals surface area contributed by atoms with E-state index in [4.69, 9.17) is 9.47 Å². The predicted molar refractivity (Wildman–Crippen MR) is 75.1 cm³/mol. The number of morpholine rings is 1. The van der Waals surface area contributed by atoms with Crippen LogP contribution in [0.3, 0.4) is 0 Å². The van der Waals surface area contributed by atoms with Crippen LogP contribution in [0, 0.1) is 5.92 Å². The molecule has 0 radical (unpaired) electrons. The van der Waals surface area contributed by atoms with Crippen LogP contribution in [-0.4, -0.2) is 62.4 Å². The summed E-state index contributed by atoms with van der Waals surface area (Å²) in [6.07, 6.45) is 0. The third-order valence-corrected chi connectivity index (χ3v) is 2.97. The van der Waals surface area contributed by atoms with E-state index in [1.165, 1.54) is 0 Å². The van der Waals surface area contributed by atoms with Crippen LogP contribution in [0.5, 0.6) is 0 Å². The molecule has 0 aromatic carbocycles. The zero-order valence-corrected chi connectivity index (χ0v) is 12.7. The zero-order valence-electron chi connectivity index (χ0n) is 12.7. The van der Waals surface area contributed by atoms with Gasteiger partial charge in [0.15, 0.2) is 0 Å². The van der Waals surface area contributed by atoms with Gasteiger partial charge in [-0.3, -0.25) is 9.69 Å². The van der Waals surface area contributed by atoms with Crippen molar-refractivity contribution in [2.75, 3.05) is 45.9 Å². The second kappa shape index (κ2) is 7.82. The molecule has 0 spiro atoms. The Morgan fingerprint density at radius 1 is 1.37 bits per heavy atom. The van der Waals surface area contributed by atoms with Gasteiger partial charge in [0.1, 0.15) is 5.60 Å². The van der Waals surface area contributed by atoms with E-state index in [-0.39, 0.29) is 11.9 Å². The van der Waals surface area contributed by atoms with Gasteiger partial charge in [-0.1, -0.05) is 6.92 Å². The van der Waals surface area contributed by atoms with E-state index in [1.54, 1.807) is 0 Å². The second-order valence-corrected chi connectivity index (χ2v) is 6.09. The number of rotatable bonds is 6. The van der Waals surface area contributed by atoms with Crippen molar-refractivity contribution in [3.8, 4) is 0 Å². The summed E-state index contributed by atoms with van der Waals surface area (Å²) in [5, 5.41) is 3.32. The number of nitrogens with zero attached hydrogens (tertiary/aromatic N) is 1.